The normalized spacial score (nSPS) is 18.7. The molecule has 1 saturated heterocycles. The molecule has 3 heterocycles. The Labute approximate surface area is 115 Å². The number of imidazole rings is 1. The Hall–Kier alpha value is -2.18. The molecule has 0 radical (unpaired) electrons. The van der Waals surface area contributed by atoms with Crippen molar-refractivity contribution in [3.05, 3.63) is 24.0 Å². The van der Waals surface area contributed by atoms with Gasteiger partial charge in [0.05, 0.1) is 19.3 Å². The second-order valence-corrected chi connectivity index (χ2v) is 4.66. The third kappa shape index (κ3) is 2.19. The van der Waals surface area contributed by atoms with Crippen molar-refractivity contribution in [3.63, 3.8) is 0 Å². The smallest absolute Gasteiger partial charge is 0.358 e. The Morgan fingerprint density at radius 2 is 2.40 bits per heavy atom. The van der Waals surface area contributed by atoms with E-state index in [2.05, 4.69) is 10.1 Å². The van der Waals surface area contributed by atoms with E-state index < -0.39 is 12.1 Å². The maximum Gasteiger partial charge on any atom is 0.358 e. The summed E-state index contributed by atoms with van der Waals surface area (Å²) >= 11 is 0. The molecule has 1 unspecified atom stereocenters. The summed E-state index contributed by atoms with van der Waals surface area (Å²) in [4.78, 5) is 17.8. The zero-order valence-electron chi connectivity index (χ0n) is 11.1. The summed E-state index contributed by atoms with van der Waals surface area (Å²) in [6, 6.07) is 3.55. The van der Waals surface area contributed by atoms with Crippen molar-refractivity contribution in [3.8, 4) is 0 Å². The van der Waals surface area contributed by atoms with E-state index >= 15 is 0 Å². The van der Waals surface area contributed by atoms with Gasteiger partial charge in [-0.15, -0.1) is 5.10 Å². The van der Waals surface area contributed by atoms with Crippen molar-refractivity contribution in [2.24, 2.45) is 0 Å². The fourth-order valence-corrected chi connectivity index (χ4v) is 2.30. The molecule has 2 aromatic heterocycles. The van der Waals surface area contributed by atoms with Gasteiger partial charge in [-0.05, 0) is 25.5 Å². The molecule has 1 atom stereocenters. The van der Waals surface area contributed by atoms with E-state index in [0.29, 0.717) is 37.6 Å². The van der Waals surface area contributed by atoms with Gasteiger partial charge in [0.2, 0.25) is 0 Å². The van der Waals surface area contributed by atoms with Gasteiger partial charge in [-0.25, -0.2) is 18.7 Å². The lowest BCUT2D eigenvalue weighted by molar-refractivity contribution is 0.0517. The molecular formula is C13H15FN4O2. The molecule has 2 aromatic rings. The zero-order valence-corrected chi connectivity index (χ0v) is 11.1. The summed E-state index contributed by atoms with van der Waals surface area (Å²) in [5.41, 5.74) is 0.840. The number of halogens is 1. The van der Waals surface area contributed by atoms with Crippen LogP contribution in [0.3, 0.4) is 0 Å². The molecule has 0 saturated carbocycles. The molecule has 20 heavy (non-hydrogen) atoms. The molecule has 1 aliphatic heterocycles. The monoisotopic (exact) mass is 278 g/mol. The minimum absolute atomic E-state index is 0.277. The standard InChI is InChI=1S/C13H15FN4O2/c1-2-20-13(19)10-7-15-11-3-4-12(16-18(10)11)17-6-5-9(14)8-17/h3-4,7,9H,2,5-6,8H2,1H3. The number of carbonyl (C=O) groups excluding carboxylic acids is 1. The molecule has 6 nitrogen and oxygen atoms in total. The quantitative estimate of drug-likeness (QED) is 0.795. The maximum absolute atomic E-state index is 13.3. The van der Waals surface area contributed by atoms with Crippen LogP contribution in [-0.2, 0) is 4.74 Å². The van der Waals surface area contributed by atoms with Gasteiger partial charge in [-0.3, -0.25) is 0 Å². The Morgan fingerprint density at radius 3 is 3.10 bits per heavy atom. The number of carbonyl (C=O) groups is 1. The van der Waals surface area contributed by atoms with E-state index in [1.54, 1.807) is 19.1 Å². The van der Waals surface area contributed by atoms with E-state index in [4.69, 9.17) is 4.74 Å². The second-order valence-electron chi connectivity index (χ2n) is 4.66. The van der Waals surface area contributed by atoms with Crippen LogP contribution in [0.1, 0.15) is 23.8 Å². The first-order valence-electron chi connectivity index (χ1n) is 6.60. The predicted octanol–water partition coefficient (Wildman–Crippen LogP) is 1.45. The van der Waals surface area contributed by atoms with Crippen molar-refractivity contribution in [2.45, 2.75) is 19.5 Å². The van der Waals surface area contributed by atoms with Crippen molar-refractivity contribution in [1.29, 1.82) is 0 Å². The van der Waals surface area contributed by atoms with Crippen molar-refractivity contribution in [2.75, 3.05) is 24.6 Å². The molecule has 0 spiro atoms. The summed E-state index contributed by atoms with van der Waals surface area (Å²) in [6.07, 6.45) is 1.13. The first kappa shape index (κ1) is 12.8. The largest absolute Gasteiger partial charge is 0.461 e. The van der Waals surface area contributed by atoms with Crippen LogP contribution in [0.4, 0.5) is 10.2 Å². The molecule has 1 fully saturated rings. The van der Waals surface area contributed by atoms with E-state index in [-0.39, 0.29) is 5.69 Å². The van der Waals surface area contributed by atoms with Crippen LogP contribution in [0, 0.1) is 0 Å². The summed E-state index contributed by atoms with van der Waals surface area (Å²) in [7, 11) is 0. The molecule has 3 rings (SSSR count). The van der Waals surface area contributed by atoms with Crippen LogP contribution in [0.5, 0.6) is 0 Å². The van der Waals surface area contributed by atoms with Gasteiger partial charge in [0.25, 0.3) is 0 Å². The van der Waals surface area contributed by atoms with Gasteiger partial charge in [0, 0.05) is 6.54 Å². The van der Waals surface area contributed by atoms with Gasteiger partial charge < -0.3 is 9.64 Å². The highest BCUT2D eigenvalue weighted by Crippen LogP contribution is 2.20. The van der Waals surface area contributed by atoms with Gasteiger partial charge >= 0.3 is 5.97 Å². The first-order valence-corrected chi connectivity index (χ1v) is 6.60. The molecule has 106 valence electrons. The minimum atomic E-state index is -0.820. The van der Waals surface area contributed by atoms with Gasteiger partial charge in [-0.1, -0.05) is 0 Å². The fraction of sp³-hybridized carbons (Fsp3) is 0.462. The molecular weight excluding hydrogens is 263 g/mol. The lowest BCUT2D eigenvalue weighted by Crippen LogP contribution is -2.22. The number of hydrogen-bond acceptors (Lipinski definition) is 5. The summed E-state index contributed by atoms with van der Waals surface area (Å²) in [6.45, 7) is 3.00. The van der Waals surface area contributed by atoms with E-state index in [0.717, 1.165) is 0 Å². The lowest BCUT2D eigenvalue weighted by atomic mass is 10.3. The van der Waals surface area contributed by atoms with E-state index in [1.807, 2.05) is 4.90 Å². The number of fused-ring (bicyclic) bond motifs is 1. The molecule has 0 N–H and O–H groups in total. The predicted molar refractivity (Wildman–Crippen MR) is 70.7 cm³/mol. The maximum atomic E-state index is 13.3. The second kappa shape index (κ2) is 5.07. The third-order valence-corrected chi connectivity index (χ3v) is 3.29. The van der Waals surface area contributed by atoms with Crippen LogP contribution in [0.15, 0.2) is 18.3 Å². The number of hydrogen-bond donors (Lipinski definition) is 0. The number of anilines is 1. The first-order chi connectivity index (χ1) is 9.69. The molecule has 0 aliphatic carbocycles. The lowest BCUT2D eigenvalue weighted by Gasteiger charge is -2.16. The summed E-state index contributed by atoms with van der Waals surface area (Å²) in [5.74, 6) is 0.177. The van der Waals surface area contributed by atoms with Gasteiger partial charge in [-0.2, -0.15) is 0 Å². The Balaban J connectivity index is 1.96. The van der Waals surface area contributed by atoms with Gasteiger partial charge in [0.15, 0.2) is 11.3 Å². The number of esters is 1. The molecule has 7 heteroatoms. The summed E-state index contributed by atoms with van der Waals surface area (Å²) < 4.78 is 19.7. The molecule has 1 aliphatic rings. The van der Waals surface area contributed by atoms with E-state index in [1.165, 1.54) is 10.7 Å². The SMILES string of the molecule is CCOC(=O)c1cnc2ccc(N3CCC(F)C3)nn12. The topological polar surface area (TPSA) is 59.7 Å². The van der Waals surface area contributed by atoms with Crippen LogP contribution in [0.25, 0.3) is 5.65 Å². The molecule has 0 bridgehead atoms. The molecule has 0 aromatic carbocycles. The minimum Gasteiger partial charge on any atom is -0.461 e. The van der Waals surface area contributed by atoms with Gasteiger partial charge in [0.1, 0.15) is 12.0 Å². The van der Waals surface area contributed by atoms with Crippen LogP contribution >= 0.6 is 0 Å². The van der Waals surface area contributed by atoms with Crippen LogP contribution < -0.4 is 4.90 Å². The Kier molecular flexibility index (Phi) is 3.25. The van der Waals surface area contributed by atoms with Crippen molar-refractivity contribution >= 4 is 17.4 Å². The number of alkyl halides is 1. The Bertz CT molecular complexity index is 642. The average molecular weight is 278 g/mol. The van der Waals surface area contributed by atoms with E-state index in [9.17, 15) is 9.18 Å². The number of aromatic nitrogens is 3. The zero-order chi connectivity index (χ0) is 14.1. The number of nitrogens with zero attached hydrogens (tertiary/aromatic N) is 4. The highest BCUT2D eigenvalue weighted by molar-refractivity contribution is 5.88. The van der Waals surface area contributed by atoms with Crippen molar-refractivity contribution < 1.29 is 13.9 Å². The van der Waals surface area contributed by atoms with Crippen LogP contribution in [-0.4, -0.2) is 46.4 Å². The Morgan fingerprint density at radius 1 is 1.55 bits per heavy atom. The van der Waals surface area contributed by atoms with Crippen molar-refractivity contribution in [1.82, 2.24) is 14.6 Å². The average Bonchev–Trinajstić information content (AvgIpc) is 3.04. The fourth-order valence-electron chi connectivity index (χ4n) is 2.30. The van der Waals surface area contributed by atoms with Crippen LogP contribution in [0.2, 0.25) is 0 Å². The highest BCUT2D eigenvalue weighted by atomic mass is 19.1. The summed E-state index contributed by atoms with van der Waals surface area (Å²) in [5, 5.41) is 4.37. The third-order valence-electron chi connectivity index (χ3n) is 3.29. The number of ether oxygens (including phenoxy) is 1. The number of rotatable bonds is 3. The highest BCUT2D eigenvalue weighted by Gasteiger charge is 2.24. The molecule has 0 amide bonds.